The Morgan fingerprint density at radius 1 is 0.958 bits per heavy atom. The van der Waals surface area contributed by atoms with Gasteiger partial charge in [-0.3, -0.25) is 9.59 Å². The lowest BCUT2D eigenvalue weighted by Gasteiger charge is -2.24. The molecule has 7 atom stereocenters. The predicted octanol–water partition coefficient (Wildman–Crippen LogP) is 2.15. The monoisotopic (exact) mass is 338 g/mol. The number of esters is 1. The molecule has 0 amide bonds. The number of carbonyl (C=O) groups is 2. The molecule has 24 heavy (non-hydrogen) atoms. The van der Waals surface area contributed by atoms with Gasteiger partial charge in [0, 0.05) is 0 Å². The average Bonchev–Trinajstić information content (AvgIpc) is 3.44. The van der Waals surface area contributed by atoms with E-state index in [0.29, 0.717) is 49.3 Å². The van der Waals surface area contributed by atoms with Gasteiger partial charge in [0.05, 0.1) is 43.4 Å². The van der Waals surface area contributed by atoms with Gasteiger partial charge in [0.1, 0.15) is 0 Å². The first-order valence-corrected chi connectivity index (χ1v) is 9.28. The quantitative estimate of drug-likeness (QED) is 0.565. The van der Waals surface area contributed by atoms with Crippen LogP contribution in [0.2, 0.25) is 0 Å². The Bertz CT molecular complexity index is 506. The minimum absolute atomic E-state index is 0.136. The second-order valence-corrected chi connectivity index (χ2v) is 7.94. The summed E-state index contributed by atoms with van der Waals surface area (Å²) in [7, 11) is 0. The molecule has 0 aromatic heterocycles. The Labute approximate surface area is 141 Å². The van der Waals surface area contributed by atoms with Gasteiger partial charge in [0.25, 0.3) is 0 Å². The van der Waals surface area contributed by atoms with Crippen LogP contribution in [0.4, 0.5) is 0 Å². The SMILES string of the molecule is O=C(O)CC(CC1CCC2OC2C1)C(=O)OCC1CCC2OC2C1. The molecule has 1 N–H and O–H groups in total. The maximum atomic E-state index is 12.4. The minimum atomic E-state index is -0.930. The molecule has 0 aromatic rings. The maximum absolute atomic E-state index is 12.4. The third-order valence-corrected chi connectivity index (χ3v) is 6.06. The lowest BCUT2D eigenvalue weighted by molar-refractivity contribution is -0.155. The first-order chi connectivity index (χ1) is 11.6. The van der Waals surface area contributed by atoms with E-state index in [0.717, 1.165) is 38.5 Å². The van der Waals surface area contributed by atoms with E-state index in [4.69, 9.17) is 19.3 Å². The molecule has 0 aromatic carbocycles. The summed E-state index contributed by atoms with van der Waals surface area (Å²) in [4.78, 5) is 23.6. The van der Waals surface area contributed by atoms with Gasteiger partial charge in [0.15, 0.2) is 0 Å². The van der Waals surface area contributed by atoms with Gasteiger partial charge in [-0.2, -0.15) is 0 Å². The van der Waals surface area contributed by atoms with Crippen molar-refractivity contribution in [3.63, 3.8) is 0 Å². The van der Waals surface area contributed by atoms with Gasteiger partial charge in [-0.1, -0.05) is 0 Å². The van der Waals surface area contributed by atoms with E-state index in [1.807, 2.05) is 0 Å². The predicted molar refractivity (Wildman–Crippen MR) is 83.3 cm³/mol. The van der Waals surface area contributed by atoms with Crippen LogP contribution >= 0.6 is 0 Å². The highest BCUT2D eigenvalue weighted by Gasteiger charge is 2.45. The van der Waals surface area contributed by atoms with Crippen molar-refractivity contribution in [2.45, 2.75) is 75.8 Å². The Morgan fingerprint density at radius 3 is 2.21 bits per heavy atom. The number of aliphatic carboxylic acids is 1. The highest BCUT2D eigenvalue weighted by atomic mass is 16.6. The molecule has 134 valence electrons. The second-order valence-electron chi connectivity index (χ2n) is 7.94. The van der Waals surface area contributed by atoms with Crippen molar-refractivity contribution >= 4 is 11.9 Å². The molecule has 4 aliphatic rings. The number of rotatable bonds is 7. The van der Waals surface area contributed by atoms with E-state index in [1.54, 1.807) is 0 Å². The Hall–Kier alpha value is -1.14. The largest absolute Gasteiger partial charge is 0.481 e. The molecule has 2 aliphatic heterocycles. The summed E-state index contributed by atoms with van der Waals surface area (Å²) in [5, 5.41) is 9.13. The van der Waals surface area contributed by atoms with Crippen LogP contribution in [0.15, 0.2) is 0 Å². The third kappa shape index (κ3) is 3.91. The summed E-state index contributed by atoms with van der Waals surface area (Å²) in [6.45, 7) is 0.403. The van der Waals surface area contributed by atoms with Crippen LogP contribution in [0.5, 0.6) is 0 Å². The van der Waals surface area contributed by atoms with Gasteiger partial charge in [0.2, 0.25) is 0 Å². The fourth-order valence-electron chi connectivity index (χ4n) is 4.53. The summed E-state index contributed by atoms with van der Waals surface area (Å²) < 4.78 is 16.5. The average molecular weight is 338 g/mol. The van der Waals surface area contributed by atoms with E-state index >= 15 is 0 Å². The molecular formula is C18H26O6. The molecular weight excluding hydrogens is 312 g/mol. The second kappa shape index (κ2) is 6.64. The molecule has 2 heterocycles. The zero-order valence-electron chi connectivity index (χ0n) is 13.9. The van der Waals surface area contributed by atoms with Crippen LogP contribution < -0.4 is 0 Å². The highest BCUT2D eigenvalue weighted by molar-refractivity contribution is 5.79. The van der Waals surface area contributed by atoms with Crippen molar-refractivity contribution in [1.29, 1.82) is 0 Å². The van der Waals surface area contributed by atoms with Crippen LogP contribution in [0, 0.1) is 17.8 Å². The van der Waals surface area contributed by atoms with E-state index in [9.17, 15) is 9.59 Å². The standard InChI is InChI=1S/C18H26O6/c19-17(20)8-12(5-10-1-3-13-15(6-10)23-13)18(21)22-9-11-2-4-14-16(7-11)24-14/h10-16H,1-9H2,(H,19,20). The lowest BCUT2D eigenvalue weighted by Crippen LogP contribution is -2.28. The summed E-state index contributed by atoms with van der Waals surface area (Å²) >= 11 is 0. The van der Waals surface area contributed by atoms with E-state index in [1.165, 1.54) is 0 Å². The smallest absolute Gasteiger partial charge is 0.309 e. The zero-order valence-corrected chi connectivity index (χ0v) is 13.9. The summed E-state index contributed by atoms with van der Waals surface area (Å²) in [5.41, 5.74) is 0. The first kappa shape index (κ1) is 16.3. The van der Waals surface area contributed by atoms with Gasteiger partial charge < -0.3 is 19.3 Å². The van der Waals surface area contributed by atoms with Crippen LogP contribution in [-0.4, -0.2) is 48.1 Å². The molecule has 0 spiro atoms. The molecule has 2 saturated carbocycles. The number of hydrogen-bond donors (Lipinski definition) is 1. The van der Waals surface area contributed by atoms with Crippen LogP contribution in [0.25, 0.3) is 0 Å². The molecule has 4 fully saturated rings. The normalized spacial score (nSPS) is 40.8. The Balaban J connectivity index is 1.26. The van der Waals surface area contributed by atoms with Crippen molar-refractivity contribution in [3.8, 4) is 0 Å². The van der Waals surface area contributed by atoms with E-state index in [-0.39, 0.29) is 12.4 Å². The number of ether oxygens (including phenoxy) is 3. The number of carbonyl (C=O) groups excluding carboxylic acids is 1. The Kier molecular flexibility index (Phi) is 4.52. The molecule has 4 rings (SSSR count). The van der Waals surface area contributed by atoms with Crippen molar-refractivity contribution in [1.82, 2.24) is 0 Å². The molecule has 6 heteroatoms. The first-order valence-electron chi connectivity index (χ1n) is 9.28. The minimum Gasteiger partial charge on any atom is -0.481 e. The number of carboxylic acid groups (broad SMARTS) is 1. The van der Waals surface area contributed by atoms with Gasteiger partial charge >= 0.3 is 11.9 Å². The third-order valence-electron chi connectivity index (χ3n) is 6.06. The molecule has 2 aliphatic carbocycles. The highest BCUT2D eigenvalue weighted by Crippen LogP contribution is 2.42. The van der Waals surface area contributed by atoms with Gasteiger partial charge in [-0.05, 0) is 56.8 Å². The molecule has 0 bridgehead atoms. The lowest BCUT2D eigenvalue weighted by atomic mass is 9.82. The number of carboxylic acids is 1. The summed E-state index contributed by atoms with van der Waals surface area (Å²) in [6, 6.07) is 0. The van der Waals surface area contributed by atoms with Gasteiger partial charge in [-0.15, -0.1) is 0 Å². The number of epoxide rings is 2. The number of fused-ring (bicyclic) bond motifs is 2. The maximum Gasteiger partial charge on any atom is 0.309 e. The summed E-state index contributed by atoms with van der Waals surface area (Å²) in [6.07, 6.45) is 8.10. The van der Waals surface area contributed by atoms with Crippen molar-refractivity contribution in [2.24, 2.45) is 17.8 Å². The topological polar surface area (TPSA) is 88.7 Å². The molecule has 6 nitrogen and oxygen atoms in total. The number of hydrogen-bond acceptors (Lipinski definition) is 5. The fourth-order valence-corrected chi connectivity index (χ4v) is 4.53. The molecule has 7 unspecified atom stereocenters. The Morgan fingerprint density at radius 2 is 1.58 bits per heavy atom. The van der Waals surface area contributed by atoms with E-state index in [2.05, 4.69) is 0 Å². The molecule has 0 radical (unpaired) electrons. The van der Waals surface area contributed by atoms with Gasteiger partial charge in [-0.25, -0.2) is 0 Å². The van der Waals surface area contributed by atoms with Crippen LogP contribution in [-0.2, 0) is 23.8 Å². The molecule has 2 saturated heterocycles. The van der Waals surface area contributed by atoms with Crippen LogP contribution in [0.3, 0.4) is 0 Å². The van der Waals surface area contributed by atoms with Crippen molar-refractivity contribution < 1.29 is 28.9 Å². The fraction of sp³-hybridized carbons (Fsp3) is 0.889. The summed E-state index contributed by atoms with van der Waals surface area (Å²) in [5.74, 6) is -1.06. The van der Waals surface area contributed by atoms with Crippen molar-refractivity contribution in [3.05, 3.63) is 0 Å². The zero-order chi connectivity index (χ0) is 16.7. The van der Waals surface area contributed by atoms with Crippen molar-refractivity contribution in [2.75, 3.05) is 6.61 Å². The van der Waals surface area contributed by atoms with E-state index < -0.39 is 11.9 Å². The van der Waals surface area contributed by atoms with Crippen LogP contribution in [0.1, 0.15) is 51.4 Å².